The molecule has 0 aliphatic carbocycles. The standard InChI is InChI=1S/C14H24N4OS/c1-9(2)10-5-4-7-18(8-6-10)14-11(13(19)16-3)12(15)17-20-14/h9-10H,4-8H2,1-3H3,(H2,15,17)(H,16,19). The lowest BCUT2D eigenvalue weighted by Crippen LogP contribution is -2.27. The molecule has 1 aromatic rings. The van der Waals surface area contributed by atoms with E-state index in [1.807, 2.05) is 0 Å². The largest absolute Gasteiger partial charge is 0.382 e. The molecule has 2 rings (SSSR count). The van der Waals surface area contributed by atoms with Gasteiger partial charge in [-0.25, -0.2) is 0 Å². The molecule has 1 saturated heterocycles. The molecule has 0 spiro atoms. The van der Waals surface area contributed by atoms with Crippen LogP contribution in [0.4, 0.5) is 10.8 Å². The average Bonchev–Trinajstić information content (AvgIpc) is 2.65. The number of carbonyl (C=O) groups is 1. The second-order valence-corrected chi connectivity index (χ2v) is 6.50. The van der Waals surface area contributed by atoms with E-state index < -0.39 is 0 Å². The van der Waals surface area contributed by atoms with Crippen LogP contribution in [-0.2, 0) is 0 Å². The third-order valence-electron chi connectivity index (χ3n) is 4.16. The first-order valence-corrected chi connectivity index (χ1v) is 8.04. The topological polar surface area (TPSA) is 71.2 Å². The summed E-state index contributed by atoms with van der Waals surface area (Å²) in [7, 11) is 1.63. The summed E-state index contributed by atoms with van der Waals surface area (Å²) >= 11 is 1.34. The van der Waals surface area contributed by atoms with Crippen LogP contribution in [0.5, 0.6) is 0 Å². The van der Waals surface area contributed by atoms with E-state index in [2.05, 4.69) is 28.4 Å². The fraction of sp³-hybridized carbons (Fsp3) is 0.714. The van der Waals surface area contributed by atoms with Gasteiger partial charge in [0.25, 0.3) is 5.91 Å². The second kappa shape index (κ2) is 6.43. The molecule has 5 nitrogen and oxygen atoms in total. The van der Waals surface area contributed by atoms with Crippen LogP contribution in [0.25, 0.3) is 0 Å². The fourth-order valence-corrected chi connectivity index (χ4v) is 3.70. The van der Waals surface area contributed by atoms with E-state index in [-0.39, 0.29) is 5.91 Å². The molecule has 1 unspecified atom stereocenters. The van der Waals surface area contributed by atoms with Crippen molar-refractivity contribution in [1.82, 2.24) is 9.69 Å². The molecule has 1 amide bonds. The van der Waals surface area contributed by atoms with E-state index in [1.165, 1.54) is 24.4 Å². The molecule has 0 saturated carbocycles. The summed E-state index contributed by atoms with van der Waals surface area (Å²) in [5.41, 5.74) is 6.39. The molecular weight excluding hydrogens is 272 g/mol. The van der Waals surface area contributed by atoms with E-state index in [0.717, 1.165) is 36.3 Å². The summed E-state index contributed by atoms with van der Waals surface area (Å²) < 4.78 is 4.16. The zero-order valence-corrected chi connectivity index (χ0v) is 13.3. The number of nitrogens with one attached hydrogen (secondary N) is 1. The normalized spacial score (nSPS) is 20.0. The van der Waals surface area contributed by atoms with Crippen molar-refractivity contribution in [2.75, 3.05) is 30.8 Å². The van der Waals surface area contributed by atoms with Crippen molar-refractivity contribution in [3.8, 4) is 0 Å². The zero-order valence-electron chi connectivity index (χ0n) is 12.5. The Bertz CT molecular complexity index is 472. The highest BCUT2D eigenvalue weighted by Crippen LogP contribution is 2.34. The number of aromatic nitrogens is 1. The Morgan fingerprint density at radius 2 is 2.20 bits per heavy atom. The maximum absolute atomic E-state index is 12.0. The fourth-order valence-electron chi connectivity index (χ4n) is 2.84. The van der Waals surface area contributed by atoms with E-state index >= 15 is 0 Å². The highest BCUT2D eigenvalue weighted by atomic mass is 32.1. The Morgan fingerprint density at radius 3 is 2.85 bits per heavy atom. The van der Waals surface area contributed by atoms with Crippen LogP contribution in [-0.4, -0.2) is 30.4 Å². The lowest BCUT2D eigenvalue weighted by Gasteiger charge is -2.22. The Labute approximate surface area is 124 Å². The van der Waals surface area contributed by atoms with Crippen LogP contribution in [0.3, 0.4) is 0 Å². The molecule has 2 heterocycles. The number of hydrogen-bond donors (Lipinski definition) is 2. The molecule has 112 valence electrons. The summed E-state index contributed by atoms with van der Waals surface area (Å²) in [5.74, 6) is 1.69. The van der Waals surface area contributed by atoms with Crippen LogP contribution < -0.4 is 16.0 Å². The van der Waals surface area contributed by atoms with Gasteiger partial charge in [0, 0.05) is 20.1 Å². The van der Waals surface area contributed by atoms with Gasteiger partial charge in [-0.1, -0.05) is 13.8 Å². The number of nitrogens with zero attached hydrogens (tertiary/aromatic N) is 2. The predicted molar refractivity (Wildman–Crippen MR) is 84.3 cm³/mol. The first kappa shape index (κ1) is 15.1. The van der Waals surface area contributed by atoms with Gasteiger partial charge in [0.2, 0.25) is 0 Å². The number of carbonyl (C=O) groups excluding carboxylic acids is 1. The second-order valence-electron chi connectivity index (χ2n) is 5.75. The maximum Gasteiger partial charge on any atom is 0.257 e. The zero-order chi connectivity index (χ0) is 14.7. The molecule has 0 radical (unpaired) electrons. The summed E-state index contributed by atoms with van der Waals surface area (Å²) in [4.78, 5) is 14.2. The minimum Gasteiger partial charge on any atom is -0.382 e. The van der Waals surface area contributed by atoms with Gasteiger partial charge in [0.05, 0.1) is 0 Å². The number of rotatable bonds is 3. The maximum atomic E-state index is 12.0. The molecule has 1 atom stereocenters. The molecule has 1 aliphatic rings. The third kappa shape index (κ3) is 3.06. The summed E-state index contributed by atoms with van der Waals surface area (Å²) in [6, 6.07) is 0. The Kier molecular flexibility index (Phi) is 4.86. The van der Waals surface area contributed by atoms with Crippen molar-refractivity contribution in [2.45, 2.75) is 33.1 Å². The van der Waals surface area contributed by atoms with E-state index in [9.17, 15) is 4.79 Å². The molecule has 1 aliphatic heterocycles. The van der Waals surface area contributed by atoms with Gasteiger partial charge in [-0.2, -0.15) is 4.37 Å². The highest BCUT2D eigenvalue weighted by Gasteiger charge is 2.26. The van der Waals surface area contributed by atoms with E-state index in [0.29, 0.717) is 11.4 Å². The van der Waals surface area contributed by atoms with Gasteiger partial charge in [-0.05, 0) is 42.6 Å². The van der Waals surface area contributed by atoms with Gasteiger partial charge in [-0.15, -0.1) is 0 Å². The van der Waals surface area contributed by atoms with E-state index in [4.69, 9.17) is 5.73 Å². The molecule has 20 heavy (non-hydrogen) atoms. The van der Waals surface area contributed by atoms with Crippen LogP contribution in [0.2, 0.25) is 0 Å². The Hall–Kier alpha value is -1.30. The number of anilines is 2. The van der Waals surface area contributed by atoms with Gasteiger partial charge in [0.15, 0.2) is 5.82 Å². The lowest BCUT2D eigenvalue weighted by molar-refractivity contribution is 0.0964. The predicted octanol–water partition coefficient (Wildman–Crippen LogP) is 2.35. The van der Waals surface area contributed by atoms with Crippen molar-refractivity contribution in [2.24, 2.45) is 11.8 Å². The van der Waals surface area contributed by atoms with Crippen LogP contribution in [0.1, 0.15) is 43.5 Å². The minimum atomic E-state index is -0.143. The summed E-state index contributed by atoms with van der Waals surface area (Å²) in [5, 5.41) is 3.57. The SMILES string of the molecule is CNC(=O)c1c(N)nsc1N1CCCC(C(C)C)CC1. The molecule has 1 aromatic heterocycles. The molecule has 1 fully saturated rings. The number of nitrogen functional groups attached to an aromatic ring is 1. The average molecular weight is 296 g/mol. The van der Waals surface area contributed by atoms with Gasteiger partial charge in [-0.3, -0.25) is 4.79 Å². The first-order valence-electron chi connectivity index (χ1n) is 7.26. The monoisotopic (exact) mass is 296 g/mol. The quantitative estimate of drug-likeness (QED) is 0.898. The van der Waals surface area contributed by atoms with Gasteiger partial charge in [0.1, 0.15) is 10.6 Å². The van der Waals surface area contributed by atoms with Crippen LogP contribution in [0.15, 0.2) is 0 Å². The summed E-state index contributed by atoms with van der Waals surface area (Å²) in [6.45, 7) is 6.55. The number of nitrogens with two attached hydrogens (primary N) is 1. The third-order valence-corrected chi connectivity index (χ3v) is 5.08. The molecule has 0 aromatic carbocycles. The molecule has 0 bridgehead atoms. The van der Waals surface area contributed by atoms with Crippen molar-refractivity contribution in [3.05, 3.63) is 5.56 Å². The Morgan fingerprint density at radius 1 is 1.45 bits per heavy atom. The first-order chi connectivity index (χ1) is 9.54. The van der Waals surface area contributed by atoms with Crippen molar-refractivity contribution >= 4 is 28.3 Å². The Balaban J connectivity index is 2.18. The van der Waals surface area contributed by atoms with Crippen molar-refractivity contribution < 1.29 is 4.79 Å². The van der Waals surface area contributed by atoms with E-state index in [1.54, 1.807) is 7.05 Å². The minimum absolute atomic E-state index is 0.143. The van der Waals surface area contributed by atoms with Crippen molar-refractivity contribution in [3.63, 3.8) is 0 Å². The van der Waals surface area contributed by atoms with Crippen LogP contribution in [0, 0.1) is 11.8 Å². The lowest BCUT2D eigenvalue weighted by atomic mass is 9.89. The number of hydrogen-bond acceptors (Lipinski definition) is 5. The van der Waals surface area contributed by atoms with Crippen molar-refractivity contribution in [1.29, 1.82) is 0 Å². The van der Waals surface area contributed by atoms with Gasteiger partial charge >= 0.3 is 0 Å². The van der Waals surface area contributed by atoms with Crippen LogP contribution >= 0.6 is 11.5 Å². The number of amides is 1. The smallest absolute Gasteiger partial charge is 0.257 e. The molecule has 3 N–H and O–H groups in total. The highest BCUT2D eigenvalue weighted by molar-refractivity contribution is 7.11. The van der Waals surface area contributed by atoms with Gasteiger partial charge < -0.3 is 16.0 Å². The molecular formula is C14H24N4OS. The summed E-state index contributed by atoms with van der Waals surface area (Å²) in [6.07, 6.45) is 3.59. The molecule has 6 heteroatoms.